The van der Waals surface area contributed by atoms with E-state index in [1.807, 2.05) is 0 Å². The minimum Gasteiger partial charge on any atom is -0.351 e. The second-order valence-corrected chi connectivity index (χ2v) is 4.41. The summed E-state index contributed by atoms with van der Waals surface area (Å²) in [5.41, 5.74) is -1.02. The Bertz CT molecular complexity index is 402. The molecule has 1 heterocycles. The lowest BCUT2D eigenvalue weighted by Gasteiger charge is -2.13. The lowest BCUT2D eigenvalue weighted by atomic mass is 10.2. The monoisotopic (exact) mass is 265 g/mol. The van der Waals surface area contributed by atoms with Crippen molar-refractivity contribution in [2.45, 2.75) is 37.9 Å². The number of hydrogen-bond acceptors (Lipinski definition) is 3. The number of hydrogen-bond donors (Lipinski definition) is 1. The normalized spacial score (nSPS) is 17.4. The molecule has 0 bridgehead atoms. The molecule has 1 saturated carbocycles. The number of aromatic nitrogens is 2. The molecule has 0 radical (unpaired) electrons. The first-order chi connectivity index (χ1) is 7.95. The summed E-state index contributed by atoms with van der Waals surface area (Å²) in [7, 11) is 0. The molecule has 1 aromatic rings. The van der Waals surface area contributed by atoms with E-state index in [9.17, 15) is 13.2 Å². The van der Waals surface area contributed by atoms with Gasteiger partial charge in [0.05, 0.1) is 0 Å². The standard InChI is InChI=1S/C10H11ClF3N3/c11-8-5-7(10(12,13)14)16-9(17-8)15-6-3-1-2-4-6/h5-6H,1-4H2,(H,15,16,17). The number of nitrogens with zero attached hydrogens (tertiary/aromatic N) is 2. The van der Waals surface area contributed by atoms with Crippen LogP contribution in [0.1, 0.15) is 31.4 Å². The Morgan fingerprint density at radius 2 is 1.88 bits per heavy atom. The molecule has 1 fully saturated rings. The van der Waals surface area contributed by atoms with E-state index in [1.165, 1.54) is 0 Å². The van der Waals surface area contributed by atoms with E-state index in [-0.39, 0.29) is 17.1 Å². The molecule has 0 spiro atoms. The second kappa shape index (κ2) is 4.68. The smallest absolute Gasteiger partial charge is 0.351 e. The average molecular weight is 266 g/mol. The van der Waals surface area contributed by atoms with Gasteiger partial charge in [-0.05, 0) is 12.8 Å². The lowest BCUT2D eigenvalue weighted by molar-refractivity contribution is -0.141. The van der Waals surface area contributed by atoms with Crippen LogP contribution in [-0.4, -0.2) is 16.0 Å². The van der Waals surface area contributed by atoms with Crippen LogP contribution in [0.5, 0.6) is 0 Å². The Hall–Kier alpha value is -1.04. The fraction of sp³-hybridized carbons (Fsp3) is 0.600. The summed E-state index contributed by atoms with van der Waals surface area (Å²) in [6.07, 6.45) is -0.498. The molecule has 1 aliphatic rings. The lowest BCUT2D eigenvalue weighted by Crippen LogP contribution is -2.18. The zero-order valence-corrected chi connectivity index (χ0v) is 9.65. The highest BCUT2D eigenvalue weighted by atomic mass is 35.5. The number of halogens is 4. The summed E-state index contributed by atoms with van der Waals surface area (Å²) in [5, 5.41) is 2.69. The summed E-state index contributed by atoms with van der Waals surface area (Å²) >= 11 is 5.55. The van der Waals surface area contributed by atoms with Crippen molar-refractivity contribution in [3.05, 3.63) is 16.9 Å². The highest BCUT2D eigenvalue weighted by Crippen LogP contribution is 2.30. The van der Waals surface area contributed by atoms with Crippen molar-refractivity contribution >= 4 is 17.5 Å². The zero-order valence-electron chi connectivity index (χ0n) is 8.89. The quantitative estimate of drug-likeness (QED) is 0.832. The molecule has 7 heteroatoms. The molecule has 1 N–H and O–H groups in total. The molecule has 0 atom stereocenters. The van der Waals surface area contributed by atoms with E-state index >= 15 is 0 Å². The number of nitrogens with one attached hydrogen (secondary N) is 1. The van der Waals surface area contributed by atoms with Crippen LogP contribution in [0.25, 0.3) is 0 Å². The van der Waals surface area contributed by atoms with Gasteiger partial charge >= 0.3 is 6.18 Å². The zero-order chi connectivity index (χ0) is 12.5. The van der Waals surface area contributed by atoms with Gasteiger partial charge in [-0.25, -0.2) is 9.97 Å². The van der Waals surface area contributed by atoms with Gasteiger partial charge in [-0.2, -0.15) is 13.2 Å². The summed E-state index contributed by atoms with van der Waals surface area (Å²) in [6, 6.07) is 0.871. The summed E-state index contributed by atoms with van der Waals surface area (Å²) < 4.78 is 37.5. The van der Waals surface area contributed by atoms with Crippen LogP contribution < -0.4 is 5.32 Å². The fourth-order valence-electron chi connectivity index (χ4n) is 1.88. The van der Waals surface area contributed by atoms with E-state index in [4.69, 9.17) is 11.6 Å². The molecule has 0 aromatic carbocycles. The van der Waals surface area contributed by atoms with Crippen LogP contribution in [0.3, 0.4) is 0 Å². The maximum atomic E-state index is 12.5. The van der Waals surface area contributed by atoms with Gasteiger partial charge in [0.25, 0.3) is 0 Å². The molecule has 17 heavy (non-hydrogen) atoms. The second-order valence-electron chi connectivity index (χ2n) is 4.02. The first kappa shape index (κ1) is 12.4. The van der Waals surface area contributed by atoms with Crippen molar-refractivity contribution in [1.29, 1.82) is 0 Å². The summed E-state index contributed by atoms with van der Waals surface area (Å²) in [5.74, 6) is -0.0447. The van der Waals surface area contributed by atoms with Gasteiger partial charge in [-0.1, -0.05) is 24.4 Å². The summed E-state index contributed by atoms with van der Waals surface area (Å²) in [4.78, 5) is 7.19. The molecule has 1 aromatic heterocycles. The molecule has 2 rings (SSSR count). The number of alkyl halides is 3. The van der Waals surface area contributed by atoms with Gasteiger partial charge < -0.3 is 5.32 Å². The van der Waals surface area contributed by atoms with Crippen molar-refractivity contribution in [2.75, 3.05) is 5.32 Å². The van der Waals surface area contributed by atoms with Gasteiger partial charge in [0.2, 0.25) is 5.95 Å². The minimum atomic E-state index is -4.50. The highest BCUT2D eigenvalue weighted by molar-refractivity contribution is 6.29. The Morgan fingerprint density at radius 3 is 2.47 bits per heavy atom. The van der Waals surface area contributed by atoms with Gasteiger partial charge in [-0.3, -0.25) is 0 Å². The van der Waals surface area contributed by atoms with Gasteiger partial charge in [-0.15, -0.1) is 0 Å². The predicted molar refractivity (Wildman–Crippen MR) is 57.9 cm³/mol. The first-order valence-corrected chi connectivity index (χ1v) is 5.71. The van der Waals surface area contributed by atoms with Crippen molar-refractivity contribution in [1.82, 2.24) is 9.97 Å². The maximum absolute atomic E-state index is 12.5. The fourth-order valence-corrected chi connectivity index (χ4v) is 2.06. The third kappa shape index (κ3) is 3.21. The van der Waals surface area contributed by atoms with Crippen LogP contribution in [0.15, 0.2) is 6.07 Å². The Morgan fingerprint density at radius 1 is 1.24 bits per heavy atom. The van der Waals surface area contributed by atoms with Crippen molar-refractivity contribution in [3.63, 3.8) is 0 Å². The molecular weight excluding hydrogens is 255 g/mol. The average Bonchev–Trinajstić information content (AvgIpc) is 2.68. The Labute approximate surface area is 101 Å². The molecule has 1 aliphatic carbocycles. The van der Waals surface area contributed by atoms with Crippen LogP contribution in [0.4, 0.5) is 19.1 Å². The molecule has 0 saturated heterocycles. The molecule has 0 unspecified atom stereocenters. The van der Waals surface area contributed by atoms with Crippen LogP contribution in [0.2, 0.25) is 5.15 Å². The van der Waals surface area contributed by atoms with Gasteiger partial charge in [0.15, 0.2) is 5.69 Å². The van der Waals surface area contributed by atoms with E-state index in [1.54, 1.807) is 0 Å². The van der Waals surface area contributed by atoms with E-state index in [0.717, 1.165) is 31.7 Å². The van der Waals surface area contributed by atoms with Crippen LogP contribution in [0, 0.1) is 0 Å². The summed E-state index contributed by atoms with van der Waals surface area (Å²) in [6.45, 7) is 0. The number of rotatable bonds is 2. The van der Waals surface area contributed by atoms with Crippen LogP contribution >= 0.6 is 11.6 Å². The predicted octanol–water partition coefficient (Wildman–Crippen LogP) is 3.50. The molecule has 0 aliphatic heterocycles. The van der Waals surface area contributed by atoms with E-state index in [2.05, 4.69) is 15.3 Å². The van der Waals surface area contributed by atoms with E-state index in [0.29, 0.717) is 0 Å². The third-order valence-corrected chi connectivity index (χ3v) is 2.87. The maximum Gasteiger partial charge on any atom is 0.433 e. The third-order valence-electron chi connectivity index (χ3n) is 2.67. The van der Waals surface area contributed by atoms with Crippen molar-refractivity contribution in [2.24, 2.45) is 0 Å². The highest BCUT2D eigenvalue weighted by Gasteiger charge is 2.33. The van der Waals surface area contributed by atoms with Crippen molar-refractivity contribution < 1.29 is 13.2 Å². The first-order valence-electron chi connectivity index (χ1n) is 5.33. The molecule has 3 nitrogen and oxygen atoms in total. The Kier molecular flexibility index (Phi) is 3.42. The molecule has 94 valence electrons. The van der Waals surface area contributed by atoms with Crippen molar-refractivity contribution in [3.8, 4) is 0 Å². The van der Waals surface area contributed by atoms with Crippen LogP contribution in [-0.2, 0) is 6.18 Å². The molecule has 0 amide bonds. The van der Waals surface area contributed by atoms with E-state index < -0.39 is 11.9 Å². The van der Waals surface area contributed by atoms with Gasteiger partial charge in [0, 0.05) is 12.1 Å². The largest absolute Gasteiger partial charge is 0.433 e. The Balaban J connectivity index is 2.19. The minimum absolute atomic E-state index is 0.0447. The SMILES string of the molecule is FC(F)(F)c1cc(Cl)nc(NC2CCCC2)n1. The number of anilines is 1. The topological polar surface area (TPSA) is 37.8 Å². The van der Waals surface area contributed by atoms with Gasteiger partial charge in [0.1, 0.15) is 5.15 Å². The molecular formula is C10H11ClF3N3.